The Labute approximate surface area is 154 Å². The third-order valence-electron chi connectivity index (χ3n) is 4.18. The molecule has 0 aliphatic carbocycles. The van der Waals surface area contributed by atoms with Crippen LogP contribution in [0.5, 0.6) is 5.75 Å². The largest absolute Gasteiger partial charge is 0.489 e. The minimum absolute atomic E-state index is 0.00136. The molecule has 0 spiro atoms. The zero-order chi connectivity index (χ0) is 18.2. The van der Waals surface area contributed by atoms with Crippen molar-refractivity contribution < 1.29 is 9.53 Å². The molecule has 25 heavy (non-hydrogen) atoms. The lowest BCUT2D eigenvalue weighted by Gasteiger charge is -2.25. The molecule has 0 heterocycles. The number of carbonyl (C=O) groups excluding carboxylic acids is 1. The molecule has 2 rings (SSSR count). The van der Waals surface area contributed by atoms with Crippen LogP contribution in [0.1, 0.15) is 26.3 Å². The quantitative estimate of drug-likeness (QED) is 0.748. The number of ether oxygens (including phenoxy) is 1. The first-order valence-corrected chi connectivity index (χ1v) is 8.93. The molecule has 1 N–H and O–H groups in total. The van der Waals surface area contributed by atoms with E-state index in [1.165, 1.54) is 0 Å². The maximum absolute atomic E-state index is 12.3. The molecule has 5 heteroatoms. The van der Waals surface area contributed by atoms with Gasteiger partial charge in [0.05, 0.1) is 6.04 Å². The van der Waals surface area contributed by atoms with Crippen LogP contribution in [0.3, 0.4) is 0 Å². The van der Waals surface area contributed by atoms with Gasteiger partial charge < -0.3 is 10.1 Å². The van der Waals surface area contributed by atoms with Gasteiger partial charge in [0.1, 0.15) is 12.4 Å². The number of hydrogen-bond donors (Lipinski definition) is 1. The number of carbonyl (C=O) groups is 1. The van der Waals surface area contributed by atoms with Gasteiger partial charge in [-0.3, -0.25) is 9.69 Å². The summed E-state index contributed by atoms with van der Waals surface area (Å²) in [5.74, 6) is 0.753. The number of likely N-dealkylation sites (N-methyl/N-ethyl adjacent to an activating group) is 1. The van der Waals surface area contributed by atoms with E-state index in [-0.39, 0.29) is 11.9 Å². The summed E-state index contributed by atoms with van der Waals surface area (Å²) in [6.45, 7) is 8.21. The van der Waals surface area contributed by atoms with Gasteiger partial charge in [-0.25, -0.2) is 0 Å². The molecular weight excluding hydrogens is 336 g/mol. The van der Waals surface area contributed by atoms with E-state index < -0.39 is 0 Å². The summed E-state index contributed by atoms with van der Waals surface area (Å²) in [5.41, 5.74) is 1.82. The molecule has 0 aliphatic heterocycles. The van der Waals surface area contributed by atoms with Crippen molar-refractivity contribution in [2.75, 3.05) is 18.4 Å². The Morgan fingerprint density at radius 3 is 2.24 bits per heavy atom. The van der Waals surface area contributed by atoms with Crippen LogP contribution in [-0.2, 0) is 11.4 Å². The van der Waals surface area contributed by atoms with Gasteiger partial charge in [0, 0.05) is 10.7 Å². The van der Waals surface area contributed by atoms with Crippen LogP contribution in [0.25, 0.3) is 0 Å². The van der Waals surface area contributed by atoms with Crippen molar-refractivity contribution in [1.29, 1.82) is 0 Å². The fourth-order valence-corrected chi connectivity index (χ4v) is 2.69. The number of nitrogens with zero attached hydrogens (tertiary/aromatic N) is 1. The lowest BCUT2D eigenvalue weighted by molar-refractivity contribution is -0.120. The SMILES string of the molecule is CCN(CC)C(C)C(=O)Nc1ccc(OCc2ccc(Cl)cc2)cc1. The fraction of sp³-hybridized carbons (Fsp3) is 0.350. The lowest BCUT2D eigenvalue weighted by Crippen LogP contribution is -2.41. The topological polar surface area (TPSA) is 41.6 Å². The molecule has 134 valence electrons. The smallest absolute Gasteiger partial charge is 0.241 e. The summed E-state index contributed by atoms with van der Waals surface area (Å²) in [7, 11) is 0. The predicted molar refractivity (Wildman–Crippen MR) is 103 cm³/mol. The minimum Gasteiger partial charge on any atom is -0.489 e. The summed E-state index contributed by atoms with van der Waals surface area (Å²) in [6.07, 6.45) is 0. The van der Waals surface area contributed by atoms with Crippen LogP contribution < -0.4 is 10.1 Å². The Morgan fingerprint density at radius 1 is 1.08 bits per heavy atom. The second kappa shape index (κ2) is 9.44. The van der Waals surface area contributed by atoms with Crippen molar-refractivity contribution in [2.45, 2.75) is 33.4 Å². The van der Waals surface area contributed by atoms with Gasteiger partial charge in [-0.2, -0.15) is 0 Å². The molecule has 0 bridgehead atoms. The molecule has 1 atom stereocenters. The molecule has 0 saturated carbocycles. The van der Waals surface area contributed by atoms with E-state index in [1.807, 2.05) is 55.5 Å². The molecular formula is C20H25ClN2O2. The van der Waals surface area contributed by atoms with Crippen molar-refractivity contribution in [3.05, 3.63) is 59.1 Å². The summed E-state index contributed by atoms with van der Waals surface area (Å²) < 4.78 is 5.75. The Morgan fingerprint density at radius 2 is 1.68 bits per heavy atom. The van der Waals surface area contributed by atoms with Gasteiger partial charge in [0.15, 0.2) is 0 Å². The van der Waals surface area contributed by atoms with Gasteiger partial charge >= 0.3 is 0 Å². The highest BCUT2D eigenvalue weighted by Gasteiger charge is 2.18. The number of amides is 1. The zero-order valence-corrected chi connectivity index (χ0v) is 15.7. The molecule has 0 aliphatic rings. The van der Waals surface area contributed by atoms with E-state index in [0.717, 1.165) is 30.1 Å². The number of halogens is 1. The van der Waals surface area contributed by atoms with Crippen LogP contribution >= 0.6 is 11.6 Å². The van der Waals surface area contributed by atoms with Gasteiger partial charge in [-0.05, 0) is 62.0 Å². The third-order valence-corrected chi connectivity index (χ3v) is 4.43. The molecule has 2 aromatic carbocycles. The number of nitrogens with one attached hydrogen (secondary N) is 1. The number of anilines is 1. The van der Waals surface area contributed by atoms with E-state index in [9.17, 15) is 4.79 Å². The fourth-order valence-electron chi connectivity index (χ4n) is 2.57. The average Bonchev–Trinajstić information content (AvgIpc) is 2.63. The van der Waals surface area contributed by atoms with Gasteiger partial charge in [-0.1, -0.05) is 37.6 Å². The monoisotopic (exact) mass is 360 g/mol. The second-order valence-electron chi connectivity index (χ2n) is 5.83. The first-order valence-electron chi connectivity index (χ1n) is 8.55. The lowest BCUT2D eigenvalue weighted by atomic mass is 10.2. The van der Waals surface area contributed by atoms with Crippen LogP contribution in [0.2, 0.25) is 5.02 Å². The average molecular weight is 361 g/mol. The molecule has 1 unspecified atom stereocenters. The van der Waals surface area contributed by atoms with Crippen molar-refractivity contribution in [3.8, 4) is 5.75 Å². The summed E-state index contributed by atoms with van der Waals surface area (Å²) in [6, 6.07) is 14.8. The molecule has 2 aromatic rings. The third kappa shape index (κ3) is 5.76. The Hall–Kier alpha value is -2.04. The summed E-state index contributed by atoms with van der Waals surface area (Å²) >= 11 is 5.87. The van der Waals surface area contributed by atoms with Gasteiger partial charge in [0.25, 0.3) is 0 Å². The normalized spacial score (nSPS) is 12.0. The molecule has 0 aromatic heterocycles. The summed E-state index contributed by atoms with van der Waals surface area (Å²) in [4.78, 5) is 14.4. The van der Waals surface area contributed by atoms with Crippen LogP contribution in [0.4, 0.5) is 5.69 Å². The van der Waals surface area contributed by atoms with E-state index >= 15 is 0 Å². The highest BCUT2D eigenvalue weighted by molar-refractivity contribution is 6.30. The summed E-state index contributed by atoms with van der Waals surface area (Å²) in [5, 5.41) is 3.66. The Kier molecular flexibility index (Phi) is 7.29. The highest BCUT2D eigenvalue weighted by atomic mass is 35.5. The number of benzene rings is 2. The maximum Gasteiger partial charge on any atom is 0.241 e. The highest BCUT2D eigenvalue weighted by Crippen LogP contribution is 2.18. The molecule has 1 amide bonds. The molecule has 0 radical (unpaired) electrons. The molecule has 0 saturated heterocycles. The van der Waals surface area contributed by atoms with E-state index in [1.54, 1.807) is 0 Å². The first-order chi connectivity index (χ1) is 12.0. The Balaban J connectivity index is 1.88. The van der Waals surface area contributed by atoms with Crippen molar-refractivity contribution in [3.63, 3.8) is 0 Å². The Bertz CT molecular complexity index is 667. The van der Waals surface area contributed by atoms with E-state index in [2.05, 4.69) is 24.1 Å². The van der Waals surface area contributed by atoms with Crippen LogP contribution in [-0.4, -0.2) is 29.9 Å². The standard InChI is InChI=1S/C20H25ClN2O2/c1-4-23(5-2)15(3)20(24)22-18-10-12-19(13-11-18)25-14-16-6-8-17(21)9-7-16/h6-13,15H,4-5,14H2,1-3H3,(H,22,24). The van der Waals surface area contributed by atoms with Gasteiger partial charge in [-0.15, -0.1) is 0 Å². The first kappa shape index (κ1) is 19.3. The number of rotatable bonds is 8. The van der Waals surface area contributed by atoms with E-state index in [0.29, 0.717) is 11.6 Å². The van der Waals surface area contributed by atoms with Crippen LogP contribution in [0.15, 0.2) is 48.5 Å². The predicted octanol–water partition coefficient (Wildman–Crippen LogP) is 4.59. The van der Waals surface area contributed by atoms with Crippen molar-refractivity contribution in [2.24, 2.45) is 0 Å². The van der Waals surface area contributed by atoms with Gasteiger partial charge in [0.2, 0.25) is 5.91 Å². The number of hydrogen-bond acceptors (Lipinski definition) is 3. The minimum atomic E-state index is -0.157. The van der Waals surface area contributed by atoms with Crippen molar-refractivity contribution >= 4 is 23.2 Å². The van der Waals surface area contributed by atoms with E-state index in [4.69, 9.17) is 16.3 Å². The maximum atomic E-state index is 12.3. The van der Waals surface area contributed by atoms with Crippen molar-refractivity contribution in [1.82, 2.24) is 4.90 Å². The second-order valence-corrected chi connectivity index (χ2v) is 6.26. The zero-order valence-electron chi connectivity index (χ0n) is 15.0. The molecule has 0 fully saturated rings. The molecule has 4 nitrogen and oxygen atoms in total. The van der Waals surface area contributed by atoms with Crippen LogP contribution in [0, 0.1) is 0 Å².